The molecule has 2 nitrogen and oxygen atoms in total. The second-order valence-electron chi connectivity index (χ2n) is 10.8. The number of rotatable bonds is 14. The Balaban J connectivity index is 6.12. The van der Waals surface area contributed by atoms with Gasteiger partial charge in [0, 0.05) is 0 Å². The van der Waals surface area contributed by atoms with Crippen LogP contribution in [-0.4, -0.2) is 39.5 Å². The molecule has 0 saturated heterocycles. The van der Waals surface area contributed by atoms with Crippen LogP contribution in [0.3, 0.4) is 0 Å². The normalized spacial score (nSPS) is 14.6. The first-order chi connectivity index (χ1) is 12.2. The van der Waals surface area contributed by atoms with E-state index < -0.39 is 32.9 Å². The first-order valence-corrected chi connectivity index (χ1v) is 25.0. The summed E-state index contributed by atoms with van der Waals surface area (Å²) in [5.41, 5.74) is 0. The minimum absolute atomic E-state index is 1.34. The van der Waals surface area contributed by atoms with Crippen molar-refractivity contribution in [2.75, 3.05) is 0 Å². The van der Waals surface area contributed by atoms with Gasteiger partial charge >= 0.3 is 185 Å². The van der Waals surface area contributed by atoms with Crippen molar-refractivity contribution in [3.05, 3.63) is 0 Å². The van der Waals surface area contributed by atoms with E-state index in [1.165, 1.54) is 49.9 Å². The minimum atomic E-state index is -1.39. The van der Waals surface area contributed by atoms with Gasteiger partial charge in [0.1, 0.15) is 0 Å². The Hall–Kier alpha value is 1.29. The van der Waals surface area contributed by atoms with Crippen LogP contribution in [0.4, 0.5) is 0 Å². The summed E-state index contributed by atoms with van der Waals surface area (Å²) in [4.78, 5) is 0. The van der Waals surface area contributed by atoms with E-state index >= 15 is 0 Å². The maximum absolute atomic E-state index is 3.15. The van der Waals surface area contributed by atoms with Crippen LogP contribution in [-0.2, 0) is 15.1 Å². The fourth-order valence-electron chi connectivity index (χ4n) is 4.89. The zero-order valence-electron chi connectivity index (χ0n) is 20.9. The van der Waals surface area contributed by atoms with Crippen LogP contribution in [0, 0.1) is 0 Å². The van der Waals surface area contributed by atoms with E-state index in [2.05, 4.69) is 86.6 Å². The van der Waals surface area contributed by atoms with Gasteiger partial charge in [0.15, 0.2) is 0 Å². The molecule has 0 aromatic rings. The van der Waals surface area contributed by atoms with Gasteiger partial charge in [0.05, 0.1) is 0 Å². The monoisotopic (exact) mass is 491 g/mol. The summed E-state index contributed by atoms with van der Waals surface area (Å²) in [6.45, 7) is 30.8. The molecular formula is C20H52CoN2Si4. The first-order valence-electron chi connectivity index (χ1n) is 11.4. The van der Waals surface area contributed by atoms with Crippen LogP contribution >= 0.6 is 0 Å². The Bertz CT molecular complexity index is 354. The quantitative estimate of drug-likeness (QED) is 0.227. The van der Waals surface area contributed by atoms with Gasteiger partial charge in [-0.15, -0.1) is 0 Å². The average molecular weight is 492 g/mol. The molecule has 0 aliphatic rings. The fraction of sp³-hybridized carbons (Fsp3) is 1.00. The molecule has 27 heavy (non-hydrogen) atoms. The summed E-state index contributed by atoms with van der Waals surface area (Å²) in [5.74, 6) is 0. The van der Waals surface area contributed by atoms with Crippen molar-refractivity contribution in [1.29, 1.82) is 0 Å². The molecule has 0 spiro atoms. The molecule has 0 bridgehead atoms. The Morgan fingerprint density at radius 1 is 0.444 bits per heavy atom. The molecule has 0 aliphatic carbocycles. The van der Waals surface area contributed by atoms with Crippen molar-refractivity contribution in [3.63, 3.8) is 0 Å². The molecule has 0 aromatic heterocycles. The molecule has 0 unspecified atom stereocenters. The SMILES string of the molecule is CCC[Si](C)(C)[N]([Co][N]([Si](C)(C)CCC)[Si](C)(C)CCC)[Si](C)(C)CCC. The van der Waals surface area contributed by atoms with Crippen molar-refractivity contribution in [1.82, 2.24) is 6.56 Å². The van der Waals surface area contributed by atoms with Crippen LogP contribution in [0.5, 0.6) is 0 Å². The third-order valence-electron chi connectivity index (χ3n) is 5.60. The number of hydrogen-bond donors (Lipinski definition) is 0. The predicted molar refractivity (Wildman–Crippen MR) is 134 cm³/mol. The van der Waals surface area contributed by atoms with Gasteiger partial charge < -0.3 is 0 Å². The molecule has 0 aromatic carbocycles. The Morgan fingerprint density at radius 3 is 0.778 bits per heavy atom. The summed E-state index contributed by atoms with van der Waals surface area (Å²) in [5, 5.41) is 0. The molecule has 0 rings (SSSR count). The predicted octanol–water partition coefficient (Wildman–Crippen LogP) is 7.96. The summed E-state index contributed by atoms with van der Waals surface area (Å²) in [7, 11) is -5.55. The molecule has 7 heteroatoms. The molecule has 0 heterocycles. The first kappa shape index (κ1) is 28.3. The van der Waals surface area contributed by atoms with Gasteiger partial charge in [-0.25, -0.2) is 0 Å². The number of hydrogen-bond acceptors (Lipinski definition) is 2. The standard InChI is InChI=1S/2C10H26NSi2.Co/c2*1-7-9-12(3,4)11-13(5,6)10-8-2;/h2*7-10H2,1-6H3;/q2*-1;+2. The van der Waals surface area contributed by atoms with Crippen LogP contribution in [0.15, 0.2) is 0 Å². The molecule has 0 fully saturated rings. The van der Waals surface area contributed by atoms with Gasteiger partial charge in [-0.2, -0.15) is 0 Å². The Morgan fingerprint density at radius 2 is 0.630 bits per heavy atom. The molecular weight excluding hydrogens is 440 g/mol. The van der Waals surface area contributed by atoms with E-state index in [0.717, 1.165) is 0 Å². The summed E-state index contributed by atoms with van der Waals surface area (Å²) >= 11 is 1.67. The summed E-state index contributed by atoms with van der Waals surface area (Å²) in [6.07, 6.45) is 5.36. The average Bonchev–Trinajstić information content (AvgIpc) is 2.45. The van der Waals surface area contributed by atoms with E-state index in [1.54, 1.807) is 15.1 Å². The maximum atomic E-state index is 3.15. The van der Waals surface area contributed by atoms with E-state index in [4.69, 9.17) is 0 Å². The van der Waals surface area contributed by atoms with Gasteiger partial charge in [-0.3, -0.25) is 0 Å². The second-order valence-corrected chi connectivity index (χ2v) is 32.7. The van der Waals surface area contributed by atoms with Gasteiger partial charge in [-0.05, 0) is 0 Å². The van der Waals surface area contributed by atoms with E-state index in [9.17, 15) is 0 Å². The Kier molecular flexibility index (Phi) is 12.2. The van der Waals surface area contributed by atoms with Crippen molar-refractivity contribution in [3.8, 4) is 0 Å². The molecule has 167 valence electrons. The van der Waals surface area contributed by atoms with E-state index in [-0.39, 0.29) is 0 Å². The van der Waals surface area contributed by atoms with Gasteiger partial charge in [0.2, 0.25) is 0 Å². The Labute approximate surface area is 184 Å². The third-order valence-corrected chi connectivity index (χ3v) is 32.9. The number of nitrogens with zero attached hydrogens (tertiary/aromatic N) is 2. The van der Waals surface area contributed by atoms with E-state index in [1.807, 2.05) is 0 Å². The third kappa shape index (κ3) is 8.51. The molecule has 0 saturated carbocycles. The molecule has 0 amide bonds. The van der Waals surface area contributed by atoms with Crippen molar-refractivity contribution < 1.29 is 15.1 Å². The summed E-state index contributed by atoms with van der Waals surface area (Å²) < 4.78 is 6.30. The summed E-state index contributed by atoms with van der Waals surface area (Å²) in [6, 6.07) is 5.77. The van der Waals surface area contributed by atoms with Crippen LogP contribution in [0.25, 0.3) is 0 Å². The van der Waals surface area contributed by atoms with Crippen LogP contribution < -0.4 is 0 Å². The topological polar surface area (TPSA) is 6.48 Å². The van der Waals surface area contributed by atoms with Crippen molar-refractivity contribution >= 4 is 32.9 Å². The van der Waals surface area contributed by atoms with Gasteiger partial charge in [0.25, 0.3) is 0 Å². The fourth-order valence-corrected chi connectivity index (χ4v) is 32.9. The van der Waals surface area contributed by atoms with Crippen molar-refractivity contribution in [2.45, 2.75) is 130 Å². The molecule has 0 N–H and O–H groups in total. The molecule has 0 atom stereocenters. The van der Waals surface area contributed by atoms with Crippen molar-refractivity contribution in [2.24, 2.45) is 0 Å². The van der Waals surface area contributed by atoms with Crippen LogP contribution in [0.1, 0.15) is 53.4 Å². The van der Waals surface area contributed by atoms with Gasteiger partial charge in [-0.1, -0.05) is 0 Å². The zero-order valence-corrected chi connectivity index (χ0v) is 25.9. The van der Waals surface area contributed by atoms with Crippen LogP contribution in [0.2, 0.25) is 76.6 Å². The second kappa shape index (κ2) is 11.6. The molecule has 0 radical (unpaired) electrons. The van der Waals surface area contributed by atoms with E-state index in [0.29, 0.717) is 0 Å². The zero-order chi connectivity index (χ0) is 21.5. The molecule has 0 aliphatic heterocycles.